The van der Waals surface area contributed by atoms with E-state index in [-0.39, 0.29) is 16.7 Å². The molecule has 0 aliphatic carbocycles. The predicted octanol–water partition coefficient (Wildman–Crippen LogP) is 4.41. The lowest BCUT2D eigenvalue weighted by Crippen LogP contribution is -2.50. The Morgan fingerprint density at radius 3 is 2.64 bits per heavy atom. The van der Waals surface area contributed by atoms with Gasteiger partial charge in [-0.1, -0.05) is 12.1 Å². The van der Waals surface area contributed by atoms with Crippen LogP contribution in [0.15, 0.2) is 30.5 Å². The summed E-state index contributed by atoms with van der Waals surface area (Å²) in [6.45, 7) is 5.85. The van der Waals surface area contributed by atoms with Crippen molar-refractivity contribution in [1.82, 2.24) is 25.2 Å². The van der Waals surface area contributed by atoms with Gasteiger partial charge in [-0.25, -0.2) is 13.9 Å². The Morgan fingerprint density at radius 2 is 1.97 bits per heavy atom. The number of alkyl halides is 3. The van der Waals surface area contributed by atoms with Crippen LogP contribution in [-0.4, -0.2) is 45.7 Å². The second-order valence-electron chi connectivity index (χ2n) is 9.74. The summed E-state index contributed by atoms with van der Waals surface area (Å²) in [5, 5.41) is 10.7. The average molecular weight is 505 g/mol. The molecular formula is C25H28F4N6O. The zero-order valence-corrected chi connectivity index (χ0v) is 20.1. The first-order chi connectivity index (χ1) is 17.1. The maximum Gasteiger partial charge on any atom is 0.419 e. The van der Waals surface area contributed by atoms with Gasteiger partial charge in [-0.3, -0.25) is 4.79 Å². The number of benzene rings is 1. The number of hydrogen-bond donors (Lipinski definition) is 2. The van der Waals surface area contributed by atoms with Crippen molar-refractivity contribution in [3.63, 3.8) is 0 Å². The number of hydrogen-bond acceptors (Lipinski definition) is 5. The molecule has 1 amide bonds. The highest BCUT2D eigenvalue weighted by atomic mass is 19.4. The van der Waals surface area contributed by atoms with Crippen LogP contribution in [0.3, 0.4) is 0 Å². The van der Waals surface area contributed by atoms with Gasteiger partial charge in [0.2, 0.25) is 0 Å². The molecule has 2 aliphatic rings. The number of piperidine rings is 1. The lowest BCUT2D eigenvalue weighted by molar-refractivity contribution is -0.140. The number of anilines is 1. The second kappa shape index (κ2) is 9.02. The van der Waals surface area contributed by atoms with Crippen LogP contribution >= 0.6 is 0 Å². The molecule has 4 heterocycles. The van der Waals surface area contributed by atoms with Crippen molar-refractivity contribution in [1.29, 1.82) is 0 Å². The number of aromatic nitrogens is 3. The van der Waals surface area contributed by atoms with Gasteiger partial charge in [-0.15, -0.1) is 0 Å². The van der Waals surface area contributed by atoms with Crippen molar-refractivity contribution < 1.29 is 22.4 Å². The Morgan fingerprint density at radius 1 is 1.22 bits per heavy atom. The maximum absolute atomic E-state index is 14.6. The third-order valence-corrected chi connectivity index (χ3v) is 7.32. The summed E-state index contributed by atoms with van der Waals surface area (Å²) in [7, 11) is 0. The molecule has 11 heteroatoms. The maximum atomic E-state index is 14.6. The molecule has 1 atom stereocenters. The van der Waals surface area contributed by atoms with Gasteiger partial charge in [0.15, 0.2) is 5.65 Å². The third kappa shape index (κ3) is 4.52. The summed E-state index contributed by atoms with van der Waals surface area (Å²) in [6, 6.07) is 3.80. The van der Waals surface area contributed by atoms with Crippen molar-refractivity contribution in [2.24, 2.45) is 0 Å². The largest absolute Gasteiger partial charge is 0.419 e. The minimum absolute atomic E-state index is 0.176. The Labute approximate surface area is 205 Å². The molecule has 5 rings (SSSR count). The topological polar surface area (TPSA) is 74.6 Å². The van der Waals surface area contributed by atoms with Gasteiger partial charge in [-0.2, -0.15) is 18.3 Å². The van der Waals surface area contributed by atoms with Crippen LogP contribution in [0.1, 0.15) is 66.0 Å². The van der Waals surface area contributed by atoms with Crippen molar-refractivity contribution >= 4 is 17.2 Å². The van der Waals surface area contributed by atoms with Crippen LogP contribution in [0, 0.1) is 12.7 Å². The highest BCUT2D eigenvalue weighted by Gasteiger charge is 2.38. The van der Waals surface area contributed by atoms with Crippen molar-refractivity contribution in [2.45, 2.75) is 57.3 Å². The zero-order valence-electron chi connectivity index (χ0n) is 20.1. The van der Waals surface area contributed by atoms with Crippen LogP contribution in [-0.2, 0) is 6.18 Å². The predicted molar refractivity (Wildman–Crippen MR) is 126 cm³/mol. The van der Waals surface area contributed by atoms with E-state index < -0.39 is 29.5 Å². The molecule has 0 bridgehead atoms. The molecule has 2 fully saturated rings. The standard InChI is InChI=1S/C25H28F4N6O/c1-15(18-5-3-6-19(21(18)26)25(27,28)29)31-23(36)17-13-20(22-32-16(2)33-35(22)14-17)34-11-8-24(9-12-34)7-4-10-30-24/h3,5-6,13-15,30H,4,7-12H2,1-2H3,(H,31,36)/t15-/m1/s1. The first-order valence-corrected chi connectivity index (χ1v) is 12.1. The molecule has 0 radical (unpaired) electrons. The van der Waals surface area contributed by atoms with Gasteiger partial charge in [0.25, 0.3) is 5.91 Å². The quantitative estimate of drug-likeness (QED) is 0.515. The number of nitrogens with one attached hydrogen (secondary N) is 2. The molecule has 0 unspecified atom stereocenters. The smallest absolute Gasteiger partial charge is 0.368 e. The Kier molecular flexibility index (Phi) is 6.14. The van der Waals surface area contributed by atoms with Gasteiger partial charge in [0, 0.05) is 30.4 Å². The Hall–Kier alpha value is -3.21. The Bertz CT molecular complexity index is 1290. The molecule has 192 valence electrons. The van der Waals surface area contributed by atoms with E-state index in [1.165, 1.54) is 25.6 Å². The zero-order chi connectivity index (χ0) is 25.7. The van der Waals surface area contributed by atoms with Crippen LogP contribution < -0.4 is 15.5 Å². The van der Waals surface area contributed by atoms with Gasteiger partial charge < -0.3 is 15.5 Å². The van der Waals surface area contributed by atoms with E-state index in [4.69, 9.17) is 0 Å². The van der Waals surface area contributed by atoms with E-state index >= 15 is 0 Å². The number of aryl methyl sites for hydroxylation is 1. The van der Waals surface area contributed by atoms with Crippen molar-refractivity contribution in [2.75, 3.05) is 24.5 Å². The van der Waals surface area contributed by atoms with E-state index in [1.807, 2.05) is 0 Å². The molecule has 1 spiro atoms. The molecule has 2 aliphatic heterocycles. The number of fused-ring (bicyclic) bond motifs is 1. The van der Waals surface area contributed by atoms with E-state index in [0.717, 1.165) is 50.7 Å². The number of carbonyl (C=O) groups excluding carboxylic acids is 1. The van der Waals surface area contributed by atoms with Crippen LogP contribution in [0.4, 0.5) is 23.2 Å². The molecule has 7 nitrogen and oxygen atoms in total. The van der Waals surface area contributed by atoms with Crippen molar-refractivity contribution in [3.8, 4) is 0 Å². The molecular weight excluding hydrogens is 476 g/mol. The van der Waals surface area contributed by atoms with E-state index in [0.29, 0.717) is 17.5 Å². The number of amides is 1. The van der Waals surface area contributed by atoms with Crippen molar-refractivity contribution in [3.05, 3.63) is 58.8 Å². The highest BCUT2D eigenvalue weighted by molar-refractivity contribution is 5.96. The summed E-state index contributed by atoms with van der Waals surface area (Å²) < 4.78 is 55.6. The summed E-state index contributed by atoms with van der Waals surface area (Å²) in [4.78, 5) is 19.9. The fourth-order valence-corrected chi connectivity index (χ4v) is 5.36. The van der Waals surface area contributed by atoms with Crippen LogP contribution in [0.5, 0.6) is 0 Å². The SMILES string of the molecule is Cc1nc2c(N3CCC4(CCCN4)CC3)cc(C(=O)N[C@H](C)c3cccc(C(F)(F)F)c3F)cn2n1. The number of carbonyl (C=O) groups is 1. The average Bonchev–Trinajstić information content (AvgIpc) is 3.44. The number of rotatable bonds is 4. The first-order valence-electron chi connectivity index (χ1n) is 12.1. The van der Waals surface area contributed by atoms with E-state index in [2.05, 4.69) is 25.6 Å². The minimum atomic E-state index is -4.82. The fourth-order valence-electron chi connectivity index (χ4n) is 5.36. The van der Waals surface area contributed by atoms with Crippen LogP contribution in [0.25, 0.3) is 5.65 Å². The fraction of sp³-hybridized carbons (Fsp3) is 0.480. The van der Waals surface area contributed by atoms with Gasteiger partial charge in [-0.05, 0) is 58.2 Å². The van der Waals surface area contributed by atoms with E-state index in [9.17, 15) is 22.4 Å². The normalized spacial score (nSPS) is 18.7. The summed E-state index contributed by atoms with van der Waals surface area (Å²) >= 11 is 0. The summed E-state index contributed by atoms with van der Waals surface area (Å²) in [5.74, 6) is -1.37. The third-order valence-electron chi connectivity index (χ3n) is 7.32. The lowest BCUT2D eigenvalue weighted by Gasteiger charge is -2.40. The molecule has 36 heavy (non-hydrogen) atoms. The molecule has 3 aromatic rings. The van der Waals surface area contributed by atoms with Gasteiger partial charge in [0.1, 0.15) is 11.6 Å². The second-order valence-corrected chi connectivity index (χ2v) is 9.74. The van der Waals surface area contributed by atoms with Gasteiger partial charge >= 0.3 is 6.18 Å². The van der Waals surface area contributed by atoms with Gasteiger partial charge in [0.05, 0.1) is 22.9 Å². The monoisotopic (exact) mass is 504 g/mol. The molecule has 2 aromatic heterocycles. The molecule has 2 saturated heterocycles. The molecule has 2 N–H and O–H groups in total. The molecule has 1 aromatic carbocycles. The summed E-state index contributed by atoms with van der Waals surface area (Å²) in [5.41, 5.74) is 0.255. The lowest BCUT2D eigenvalue weighted by atomic mass is 9.86. The number of halogens is 4. The van der Waals surface area contributed by atoms with E-state index in [1.54, 1.807) is 17.5 Å². The Balaban J connectivity index is 1.41. The minimum Gasteiger partial charge on any atom is -0.368 e. The highest BCUT2D eigenvalue weighted by Crippen LogP contribution is 2.35. The summed E-state index contributed by atoms with van der Waals surface area (Å²) in [6.07, 6.45) is 1.01. The first kappa shape index (κ1) is 24.5. The van der Waals surface area contributed by atoms with Crippen LogP contribution in [0.2, 0.25) is 0 Å². The number of nitrogens with zero attached hydrogens (tertiary/aromatic N) is 4. The molecule has 0 saturated carbocycles. The number of pyridine rings is 1.